The summed E-state index contributed by atoms with van der Waals surface area (Å²) >= 11 is 0. The van der Waals surface area contributed by atoms with Crippen molar-refractivity contribution < 1.29 is 4.79 Å². The molecule has 0 aromatic carbocycles. The summed E-state index contributed by atoms with van der Waals surface area (Å²) in [5.41, 5.74) is 0. The fourth-order valence-corrected chi connectivity index (χ4v) is 3.40. The summed E-state index contributed by atoms with van der Waals surface area (Å²) in [5, 5.41) is 3.47. The molecule has 3 heteroatoms. The molecule has 3 nitrogen and oxygen atoms in total. The Labute approximate surface area is 111 Å². The minimum atomic E-state index is 0.00750. The van der Waals surface area contributed by atoms with Crippen LogP contribution in [0.4, 0.5) is 0 Å². The van der Waals surface area contributed by atoms with Gasteiger partial charge in [0.2, 0.25) is 5.91 Å². The first-order chi connectivity index (χ1) is 8.49. The number of hydrogen-bond donors (Lipinski definition) is 1. The van der Waals surface area contributed by atoms with Crippen molar-refractivity contribution in [2.45, 2.75) is 78.0 Å². The third kappa shape index (κ3) is 2.87. The lowest BCUT2D eigenvalue weighted by molar-refractivity contribution is -0.133. The van der Waals surface area contributed by atoms with Crippen LogP contribution in [0.3, 0.4) is 0 Å². The van der Waals surface area contributed by atoms with Gasteiger partial charge >= 0.3 is 0 Å². The van der Waals surface area contributed by atoms with Gasteiger partial charge in [-0.2, -0.15) is 0 Å². The van der Waals surface area contributed by atoms with Crippen LogP contribution in [0.1, 0.15) is 59.8 Å². The van der Waals surface area contributed by atoms with Crippen molar-refractivity contribution in [3.8, 4) is 0 Å². The summed E-state index contributed by atoms with van der Waals surface area (Å²) in [6.45, 7) is 8.79. The Morgan fingerprint density at radius 1 is 1.22 bits per heavy atom. The average molecular weight is 252 g/mol. The second-order valence-electron chi connectivity index (χ2n) is 6.69. The summed E-state index contributed by atoms with van der Waals surface area (Å²) in [5.74, 6) is 1.79. The smallest absolute Gasteiger partial charge is 0.240 e. The minimum Gasteiger partial charge on any atom is -0.323 e. The van der Waals surface area contributed by atoms with Crippen LogP contribution in [-0.2, 0) is 4.79 Å². The van der Waals surface area contributed by atoms with E-state index < -0.39 is 0 Å². The van der Waals surface area contributed by atoms with Crippen molar-refractivity contribution in [3.63, 3.8) is 0 Å². The van der Waals surface area contributed by atoms with Crippen LogP contribution < -0.4 is 5.32 Å². The van der Waals surface area contributed by atoms with Gasteiger partial charge < -0.3 is 4.90 Å². The monoisotopic (exact) mass is 252 g/mol. The third-order valence-corrected chi connectivity index (χ3v) is 4.48. The standard InChI is InChI=1S/C15H28N2O/c1-10(2)9-14-16-12(4)15(18)17(14)13-7-5-11(3)6-8-13/h10-14,16H,5-9H2,1-4H3. The normalized spacial score (nSPS) is 37.6. The first-order valence-corrected chi connectivity index (χ1v) is 7.57. The largest absolute Gasteiger partial charge is 0.323 e. The van der Waals surface area contributed by atoms with Crippen LogP contribution in [-0.4, -0.2) is 29.1 Å². The molecule has 1 aliphatic carbocycles. The van der Waals surface area contributed by atoms with Crippen LogP contribution in [0.5, 0.6) is 0 Å². The SMILES string of the molecule is CC(C)CC1NC(C)C(=O)N1C1CCC(C)CC1. The number of hydrogen-bond acceptors (Lipinski definition) is 2. The van der Waals surface area contributed by atoms with Gasteiger partial charge in [-0.1, -0.05) is 20.8 Å². The Morgan fingerprint density at radius 3 is 2.39 bits per heavy atom. The van der Waals surface area contributed by atoms with E-state index in [2.05, 4.69) is 31.0 Å². The van der Waals surface area contributed by atoms with Gasteiger partial charge in [0.15, 0.2) is 0 Å². The van der Waals surface area contributed by atoms with E-state index in [-0.39, 0.29) is 12.2 Å². The molecule has 1 N–H and O–H groups in total. The van der Waals surface area contributed by atoms with Gasteiger partial charge in [-0.3, -0.25) is 10.1 Å². The maximum atomic E-state index is 12.3. The molecule has 0 aromatic heterocycles. The van der Waals surface area contributed by atoms with E-state index in [0.717, 1.165) is 12.3 Å². The lowest BCUT2D eigenvalue weighted by atomic mass is 9.86. The van der Waals surface area contributed by atoms with Gasteiger partial charge in [0, 0.05) is 6.04 Å². The molecule has 0 aromatic rings. The van der Waals surface area contributed by atoms with E-state index in [9.17, 15) is 4.79 Å². The number of nitrogens with zero attached hydrogens (tertiary/aromatic N) is 1. The lowest BCUT2D eigenvalue weighted by Crippen LogP contribution is -2.46. The zero-order valence-corrected chi connectivity index (χ0v) is 12.3. The second kappa shape index (κ2) is 5.60. The molecule has 2 fully saturated rings. The van der Waals surface area contributed by atoms with E-state index >= 15 is 0 Å². The summed E-state index contributed by atoms with van der Waals surface area (Å²) in [7, 11) is 0. The molecule has 18 heavy (non-hydrogen) atoms. The van der Waals surface area contributed by atoms with Gasteiger partial charge in [-0.05, 0) is 50.9 Å². The Bertz CT molecular complexity index is 295. The van der Waals surface area contributed by atoms with E-state index in [1.54, 1.807) is 0 Å². The van der Waals surface area contributed by atoms with Crippen molar-refractivity contribution in [1.29, 1.82) is 0 Å². The Balaban J connectivity index is 2.04. The Hall–Kier alpha value is -0.570. The first kappa shape index (κ1) is 13.9. The van der Waals surface area contributed by atoms with Crippen LogP contribution in [0.15, 0.2) is 0 Å². The molecule has 2 rings (SSSR count). The Kier molecular flexibility index (Phi) is 4.31. The third-order valence-electron chi connectivity index (χ3n) is 4.48. The molecule has 0 spiro atoms. The maximum absolute atomic E-state index is 12.3. The zero-order chi connectivity index (χ0) is 13.3. The number of nitrogens with one attached hydrogen (secondary N) is 1. The van der Waals surface area contributed by atoms with Gasteiger partial charge in [-0.15, -0.1) is 0 Å². The van der Waals surface area contributed by atoms with Gasteiger partial charge in [0.05, 0.1) is 12.2 Å². The highest BCUT2D eigenvalue weighted by molar-refractivity contribution is 5.84. The molecule has 0 bridgehead atoms. The molecule has 1 saturated carbocycles. The minimum absolute atomic E-state index is 0.00750. The number of amides is 1. The van der Waals surface area contributed by atoms with Crippen molar-refractivity contribution in [1.82, 2.24) is 10.2 Å². The summed E-state index contributed by atoms with van der Waals surface area (Å²) in [6, 6.07) is 0.489. The highest BCUT2D eigenvalue weighted by Gasteiger charge is 2.40. The van der Waals surface area contributed by atoms with Crippen LogP contribution in [0.2, 0.25) is 0 Å². The maximum Gasteiger partial charge on any atom is 0.240 e. The van der Waals surface area contributed by atoms with Gasteiger partial charge in [0.1, 0.15) is 0 Å². The molecule has 0 radical (unpaired) electrons. The molecule has 1 amide bonds. The van der Waals surface area contributed by atoms with Crippen LogP contribution in [0, 0.1) is 11.8 Å². The Morgan fingerprint density at radius 2 is 1.83 bits per heavy atom. The molecule has 2 unspecified atom stereocenters. The second-order valence-corrected chi connectivity index (χ2v) is 6.69. The lowest BCUT2D eigenvalue weighted by Gasteiger charge is -2.37. The topological polar surface area (TPSA) is 32.3 Å². The number of carbonyl (C=O) groups excluding carboxylic acids is 1. The molecule has 1 heterocycles. The van der Waals surface area contributed by atoms with Gasteiger partial charge in [0.25, 0.3) is 0 Å². The summed E-state index contributed by atoms with van der Waals surface area (Å²) in [4.78, 5) is 14.5. The fourth-order valence-electron chi connectivity index (χ4n) is 3.40. The molecule has 2 aliphatic rings. The van der Waals surface area contributed by atoms with E-state index in [1.807, 2.05) is 6.92 Å². The molecule has 1 aliphatic heterocycles. The fraction of sp³-hybridized carbons (Fsp3) is 0.933. The molecular formula is C15H28N2O. The van der Waals surface area contributed by atoms with E-state index in [0.29, 0.717) is 17.9 Å². The highest BCUT2D eigenvalue weighted by Crippen LogP contribution is 2.31. The average Bonchev–Trinajstić information content (AvgIpc) is 2.55. The van der Waals surface area contributed by atoms with E-state index in [4.69, 9.17) is 0 Å². The predicted molar refractivity (Wildman–Crippen MR) is 74.1 cm³/mol. The van der Waals surface area contributed by atoms with Crippen molar-refractivity contribution >= 4 is 5.91 Å². The van der Waals surface area contributed by atoms with Crippen LogP contribution in [0.25, 0.3) is 0 Å². The summed E-state index contributed by atoms with van der Waals surface area (Å²) < 4.78 is 0. The summed E-state index contributed by atoms with van der Waals surface area (Å²) in [6.07, 6.45) is 6.27. The first-order valence-electron chi connectivity index (χ1n) is 7.57. The highest BCUT2D eigenvalue weighted by atomic mass is 16.2. The molecule has 2 atom stereocenters. The van der Waals surface area contributed by atoms with Crippen molar-refractivity contribution in [2.24, 2.45) is 11.8 Å². The zero-order valence-electron chi connectivity index (χ0n) is 12.3. The quantitative estimate of drug-likeness (QED) is 0.837. The predicted octanol–water partition coefficient (Wildman–Crippen LogP) is 2.76. The van der Waals surface area contributed by atoms with E-state index in [1.165, 1.54) is 25.7 Å². The number of carbonyl (C=O) groups is 1. The van der Waals surface area contributed by atoms with Crippen molar-refractivity contribution in [2.75, 3.05) is 0 Å². The molecule has 104 valence electrons. The molecular weight excluding hydrogens is 224 g/mol. The van der Waals surface area contributed by atoms with Crippen LogP contribution >= 0.6 is 0 Å². The molecule has 1 saturated heterocycles. The number of rotatable bonds is 3. The van der Waals surface area contributed by atoms with Gasteiger partial charge in [-0.25, -0.2) is 0 Å². The van der Waals surface area contributed by atoms with Crippen molar-refractivity contribution in [3.05, 3.63) is 0 Å².